The van der Waals surface area contributed by atoms with Crippen LogP contribution in [0.2, 0.25) is 0 Å². The number of hydrogen-bond donors (Lipinski definition) is 2. The van der Waals surface area contributed by atoms with E-state index in [1.807, 2.05) is 18.3 Å². The van der Waals surface area contributed by atoms with Crippen molar-refractivity contribution in [2.75, 3.05) is 5.75 Å². The zero-order valence-electron chi connectivity index (χ0n) is 12.1. The lowest BCUT2D eigenvalue weighted by atomic mass is 10.1. The minimum absolute atomic E-state index is 0.0505. The van der Waals surface area contributed by atoms with Crippen LogP contribution in [0.25, 0.3) is 0 Å². The minimum atomic E-state index is -0.191. The third-order valence-corrected chi connectivity index (χ3v) is 4.47. The van der Waals surface area contributed by atoms with Gasteiger partial charge in [0.25, 0.3) is 0 Å². The van der Waals surface area contributed by atoms with Crippen LogP contribution in [-0.4, -0.2) is 16.8 Å². The Balaban J connectivity index is 1.92. The van der Waals surface area contributed by atoms with Gasteiger partial charge in [0.2, 0.25) is 0 Å². The Labute approximate surface area is 129 Å². The molecule has 0 aliphatic rings. The number of rotatable bonds is 7. The van der Waals surface area contributed by atoms with Crippen LogP contribution in [0.4, 0.5) is 4.39 Å². The van der Waals surface area contributed by atoms with Crippen molar-refractivity contribution in [3.05, 3.63) is 59.7 Å². The van der Waals surface area contributed by atoms with Crippen molar-refractivity contribution >= 4 is 11.8 Å². The van der Waals surface area contributed by atoms with Gasteiger partial charge in [0.1, 0.15) is 5.82 Å². The fourth-order valence-corrected chi connectivity index (χ4v) is 2.93. The maximum atomic E-state index is 13.6. The lowest BCUT2D eigenvalue weighted by Crippen LogP contribution is -2.38. The predicted molar refractivity (Wildman–Crippen MR) is 85.6 cm³/mol. The first-order chi connectivity index (χ1) is 10.2. The molecule has 0 saturated heterocycles. The average molecular weight is 305 g/mol. The summed E-state index contributed by atoms with van der Waals surface area (Å²) in [6.45, 7) is 2.10. The molecule has 3 N–H and O–H groups in total. The number of aromatic nitrogens is 1. The fourth-order valence-electron chi connectivity index (χ4n) is 1.96. The number of hydrogen-bond acceptors (Lipinski definition) is 4. The molecule has 0 spiro atoms. The maximum absolute atomic E-state index is 13.6. The molecule has 0 saturated carbocycles. The summed E-state index contributed by atoms with van der Waals surface area (Å²) in [7, 11) is 0. The number of aryl methyl sites for hydroxylation is 1. The van der Waals surface area contributed by atoms with Crippen molar-refractivity contribution in [3.8, 4) is 0 Å². The number of halogens is 1. The molecule has 5 heteroatoms. The lowest BCUT2D eigenvalue weighted by molar-refractivity contribution is 0.567. The van der Waals surface area contributed by atoms with E-state index < -0.39 is 0 Å². The third-order valence-electron chi connectivity index (χ3n) is 3.26. The molecular formula is C16H20FN3S. The summed E-state index contributed by atoms with van der Waals surface area (Å²) in [6, 6.07) is 10.9. The number of benzene rings is 1. The van der Waals surface area contributed by atoms with Gasteiger partial charge in [-0.2, -0.15) is 0 Å². The zero-order chi connectivity index (χ0) is 15.1. The van der Waals surface area contributed by atoms with Crippen molar-refractivity contribution in [1.29, 1.82) is 0 Å². The standard InChI is InChI=1S/C16H20FN3S/c1-2-12-7-8-13(19-10-12)9-14(20-18)11-21-16-6-4-3-5-15(16)17/h3-8,10,14,20H,2,9,11,18H2,1H3. The number of thioether (sulfide) groups is 1. The van der Waals surface area contributed by atoms with Gasteiger partial charge in [-0.15, -0.1) is 11.8 Å². The number of nitrogens with zero attached hydrogens (tertiary/aromatic N) is 1. The normalized spacial score (nSPS) is 12.3. The smallest absolute Gasteiger partial charge is 0.136 e. The molecule has 21 heavy (non-hydrogen) atoms. The monoisotopic (exact) mass is 305 g/mol. The van der Waals surface area contributed by atoms with Gasteiger partial charge in [0.05, 0.1) is 0 Å². The molecular weight excluding hydrogens is 285 g/mol. The Hall–Kier alpha value is -1.43. The highest BCUT2D eigenvalue weighted by Crippen LogP contribution is 2.22. The molecule has 2 aromatic rings. The Morgan fingerprint density at radius 3 is 2.71 bits per heavy atom. The van der Waals surface area contributed by atoms with Crippen molar-refractivity contribution in [2.45, 2.75) is 30.7 Å². The number of nitrogens with one attached hydrogen (secondary N) is 1. The van der Waals surface area contributed by atoms with Gasteiger partial charge >= 0.3 is 0 Å². The van der Waals surface area contributed by atoms with E-state index >= 15 is 0 Å². The third kappa shape index (κ3) is 4.81. The van der Waals surface area contributed by atoms with Gasteiger partial charge in [0.15, 0.2) is 0 Å². The molecule has 1 aromatic heterocycles. The van der Waals surface area contributed by atoms with Crippen LogP contribution in [0.15, 0.2) is 47.5 Å². The van der Waals surface area contributed by atoms with Gasteiger partial charge in [-0.1, -0.05) is 25.1 Å². The van der Waals surface area contributed by atoms with Gasteiger partial charge in [0, 0.05) is 35.0 Å². The molecule has 1 atom stereocenters. The van der Waals surface area contributed by atoms with E-state index in [0.29, 0.717) is 10.6 Å². The van der Waals surface area contributed by atoms with E-state index in [9.17, 15) is 4.39 Å². The summed E-state index contributed by atoms with van der Waals surface area (Å²) < 4.78 is 13.6. The largest absolute Gasteiger partial charge is 0.271 e. The molecule has 1 heterocycles. The van der Waals surface area contributed by atoms with Gasteiger partial charge in [-0.05, 0) is 30.2 Å². The van der Waals surface area contributed by atoms with Gasteiger partial charge in [-0.3, -0.25) is 16.3 Å². The highest BCUT2D eigenvalue weighted by molar-refractivity contribution is 7.99. The van der Waals surface area contributed by atoms with E-state index in [4.69, 9.17) is 5.84 Å². The quantitative estimate of drug-likeness (QED) is 0.469. The molecule has 1 unspecified atom stereocenters. The Kier molecular flexibility index (Phi) is 6.17. The molecule has 3 nitrogen and oxygen atoms in total. The van der Waals surface area contributed by atoms with Crippen LogP contribution in [0.3, 0.4) is 0 Å². The fraction of sp³-hybridized carbons (Fsp3) is 0.312. The van der Waals surface area contributed by atoms with Crippen LogP contribution in [-0.2, 0) is 12.8 Å². The number of nitrogens with two attached hydrogens (primary N) is 1. The molecule has 0 aliphatic heterocycles. The SMILES string of the molecule is CCc1ccc(CC(CSc2ccccc2F)NN)nc1. The summed E-state index contributed by atoms with van der Waals surface area (Å²) in [5.74, 6) is 6.09. The minimum Gasteiger partial charge on any atom is -0.271 e. The van der Waals surface area contributed by atoms with E-state index in [1.54, 1.807) is 12.1 Å². The second-order valence-corrected chi connectivity index (χ2v) is 5.88. The van der Waals surface area contributed by atoms with E-state index in [-0.39, 0.29) is 11.9 Å². The summed E-state index contributed by atoms with van der Waals surface area (Å²) in [4.78, 5) is 5.08. The Morgan fingerprint density at radius 1 is 1.29 bits per heavy atom. The molecule has 2 rings (SSSR count). The van der Waals surface area contributed by atoms with E-state index in [0.717, 1.165) is 18.5 Å². The second kappa shape index (κ2) is 8.12. The molecule has 112 valence electrons. The van der Waals surface area contributed by atoms with Gasteiger partial charge in [-0.25, -0.2) is 4.39 Å². The summed E-state index contributed by atoms with van der Waals surface area (Å²) >= 11 is 1.46. The Bertz CT molecular complexity index is 560. The average Bonchev–Trinajstić information content (AvgIpc) is 2.53. The summed E-state index contributed by atoms with van der Waals surface area (Å²) in [6.07, 6.45) is 3.60. The summed E-state index contributed by atoms with van der Waals surface area (Å²) in [5, 5.41) is 0. The first-order valence-corrected chi connectivity index (χ1v) is 7.98. The van der Waals surface area contributed by atoms with Crippen LogP contribution in [0.5, 0.6) is 0 Å². The number of pyridine rings is 1. The second-order valence-electron chi connectivity index (χ2n) is 4.82. The molecule has 0 bridgehead atoms. The maximum Gasteiger partial charge on any atom is 0.136 e. The zero-order valence-corrected chi connectivity index (χ0v) is 12.9. The summed E-state index contributed by atoms with van der Waals surface area (Å²) in [5.41, 5.74) is 4.99. The molecule has 0 aliphatic carbocycles. The highest BCUT2D eigenvalue weighted by Gasteiger charge is 2.11. The number of hydrazine groups is 1. The van der Waals surface area contributed by atoms with Gasteiger partial charge < -0.3 is 0 Å². The topological polar surface area (TPSA) is 50.9 Å². The van der Waals surface area contributed by atoms with Crippen LogP contribution >= 0.6 is 11.8 Å². The molecule has 1 aromatic carbocycles. The van der Waals surface area contributed by atoms with Crippen molar-refractivity contribution in [2.24, 2.45) is 5.84 Å². The van der Waals surface area contributed by atoms with E-state index in [2.05, 4.69) is 23.4 Å². The molecule has 0 amide bonds. The first-order valence-electron chi connectivity index (χ1n) is 7.00. The van der Waals surface area contributed by atoms with Crippen LogP contribution in [0.1, 0.15) is 18.2 Å². The van der Waals surface area contributed by atoms with Crippen LogP contribution < -0.4 is 11.3 Å². The Morgan fingerprint density at radius 2 is 2.10 bits per heavy atom. The predicted octanol–water partition coefficient (Wildman–Crippen LogP) is 2.95. The van der Waals surface area contributed by atoms with E-state index in [1.165, 1.54) is 23.4 Å². The van der Waals surface area contributed by atoms with Crippen LogP contribution in [0, 0.1) is 5.82 Å². The first kappa shape index (κ1) is 15.9. The van der Waals surface area contributed by atoms with Crippen molar-refractivity contribution < 1.29 is 4.39 Å². The highest BCUT2D eigenvalue weighted by atomic mass is 32.2. The molecule has 0 fully saturated rings. The molecule has 0 radical (unpaired) electrons. The lowest BCUT2D eigenvalue weighted by Gasteiger charge is -2.15. The van der Waals surface area contributed by atoms with Crippen molar-refractivity contribution in [1.82, 2.24) is 10.4 Å². The van der Waals surface area contributed by atoms with Crippen molar-refractivity contribution in [3.63, 3.8) is 0 Å².